The maximum Gasteiger partial charge on any atom is 0.277 e. The molecule has 154 valence electrons. The molecule has 1 amide bonds. The Morgan fingerprint density at radius 3 is 2.45 bits per heavy atom. The van der Waals surface area contributed by atoms with Gasteiger partial charge in [-0.15, -0.1) is 0 Å². The highest BCUT2D eigenvalue weighted by Crippen LogP contribution is 2.29. The van der Waals surface area contributed by atoms with Crippen molar-refractivity contribution >= 4 is 22.9 Å². The van der Waals surface area contributed by atoms with Crippen molar-refractivity contribution in [2.24, 2.45) is 5.10 Å². The highest BCUT2D eigenvalue weighted by Gasteiger charge is 2.09. The lowest BCUT2D eigenvalue weighted by Crippen LogP contribution is -2.24. The van der Waals surface area contributed by atoms with Crippen molar-refractivity contribution in [1.82, 2.24) is 5.43 Å². The number of methoxy groups -OCH3 is 1. The Bertz CT molecular complexity index is 1220. The Morgan fingerprint density at radius 2 is 1.61 bits per heavy atom. The molecule has 0 saturated heterocycles. The van der Waals surface area contributed by atoms with Gasteiger partial charge in [-0.3, -0.25) is 4.79 Å². The van der Waals surface area contributed by atoms with Crippen LogP contribution in [0.1, 0.15) is 5.56 Å². The van der Waals surface area contributed by atoms with Gasteiger partial charge in [-0.25, -0.2) is 5.43 Å². The maximum atomic E-state index is 12.3. The first-order valence-corrected chi connectivity index (χ1v) is 9.91. The molecule has 4 rings (SSSR count). The van der Waals surface area contributed by atoms with Crippen LogP contribution >= 0.6 is 0 Å². The monoisotopic (exact) mass is 410 g/mol. The third-order valence-corrected chi connectivity index (χ3v) is 4.86. The Balaban J connectivity index is 1.44. The SMILES string of the molecule is COc1ccc2ccccc2c1/C=N/NC(=O)COc1ccccc1-c1ccccc1. The highest BCUT2D eigenvalue weighted by molar-refractivity contribution is 6.02. The Morgan fingerprint density at radius 1 is 0.871 bits per heavy atom. The van der Waals surface area contributed by atoms with Gasteiger partial charge in [0, 0.05) is 11.1 Å². The first kappa shape index (κ1) is 20.2. The number of hydrazone groups is 1. The molecule has 31 heavy (non-hydrogen) atoms. The summed E-state index contributed by atoms with van der Waals surface area (Å²) in [5, 5.41) is 6.17. The van der Waals surface area contributed by atoms with Crippen molar-refractivity contribution in [3.8, 4) is 22.6 Å². The zero-order valence-electron chi connectivity index (χ0n) is 17.1. The number of hydrogen-bond donors (Lipinski definition) is 1. The van der Waals surface area contributed by atoms with Gasteiger partial charge in [0.15, 0.2) is 6.61 Å². The van der Waals surface area contributed by atoms with E-state index in [1.165, 1.54) is 0 Å². The normalized spacial score (nSPS) is 10.9. The Labute approximate surface area is 180 Å². The fourth-order valence-corrected chi connectivity index (χ4v) is 3.38. The smallest absolute Gasteiger partial charge is 0.277 e. The molecule has 5 heteroatoms. The van der Waals surface area contributed by atoms with E-state index in [9.17, 15) is 4.79 Å². The van der Waals surface area contributed by atoms with E-state index in [0.717, 1.165) is 27.5 Å². The molecule has 4 aromatic carbocycles. The van der Waals surface area contributed by atoms with E-state index in [2.05, 4.69) is 10.5 Å². The number of hydrogen-bond acceptors (Lipinski definition) is 4. The zero-order chi connectivity index (χ0) is 21.5. The van der Waals surface area contributed by atoms with E-state index in [1.54, 1.807) is 13.3 Å². The summed E-state index contributed by atoms with van der Waals surface area (Å²) in [4.78, 5) is 12.3. The number of ether oxygens (including phenoxy) is 2. The highest BCUT2D eigenvalue weighted by atomic mass is 16.5. The molecular weight excluding hydrogens is 388 g/mol. The van der Waals surface area contributed by atoms with Gasteiger partial charge in [-0.2, -0.15) is 5.10 Å². The van der Waals surface area contributed by atoms with E-state index in [4.69, 9.17) is 9.47 Å². The van der Waals surface area contributed by atoms with Crippen molar-refractivity contribution in [2.45, 2.75) is 0 Å². The van der Waals surface area contributed by atoms with Crippen LogP contribution in [-0.2, 0) is 4.79 Å². The van der Waals surface area contributed by atoms with E-state index in [0.29, 0.717) is 11.5 Å². The average Bonchev–Trinajstić information content (AvgIpc) is 2.83. The summed E-state index contributed by atoms with van der Waals surface area (Å²) in [6.07, 6.45) is 1.59. The quantitative estimate of drug-likeness (QED) is 0.343. The summed E-state index contributed by atoms with van der Waals surface area (Å²) >= 11 is 0. The predicted molar refractivity (Wildman–Crippen MR) is 124 cm³/mol. The molecule has 0 spiro atoms. The third-order valence-electron chi connectivity index (χ3n) is 4.86. The van der Waals surface area contributed by atoms with Gasteiger partial charge in [-0.05, 0) is 28.5 Å². The van der Waals surface area contributed by atoms with Crippen LogP contribution in [-0.4, -0.2) is 25.8 Å². The molecule has 0 heterocycles. The van der Waals surface area contributed by atoms with Gasteiger partial charge in [0.1, 0.15) is 11.5 Å². The van der Waals surface area contributed by atoms with Crippen molar-refractivity contribution in [1.29, 1.82) is 0 Å². The Kier molecular flexibility index (Phi) is 6.24. The van der Waals surface area contributed by atoms with Gasteiger partial charge >= 0.3 is 0 Å². The summed E-state index contributed by atoms with van der Waals surface area (Å²) < 4.78 is 11.2. The molecule has 0 aliphatic heterocycles. The van der Waals surface area contributed by atoms with E-state index in [-0.39, 0.29) is 12.5 Å². The van der Waals surface area contributed by atoms with Gasteiger partial charge in [0.2, 0.25) is 0 Å². The first-order chi connectivity index (χ1) is 15.3. The van der Waals surface area contributed by atoms with Crippen LogP contribution in [0.15, 0.2) is 96.1 Å². The minimum Gasteiger partial charge on any atom is -0.496 e. The number of carbonyl (C=O) groups excluding carboxylic acids is 1. The Hall–Kier alpha value is -4.12. The fourth-order valence-electron chi connectivity index (χ4n) is 3.38. The molecule has 0 aliphatic rings. The van der Waals surface area contributed by atoms with Gasteiger partial charge < -0.3 is 9.47 Å². The number of nitrogens with one attached hydrogen (secondary N) is 1. The molecule has 0 radical (unpaired) electrons. The zero-order valence-corrected chi connectivity index (χ0v) is 17.1. The van der Waals surface area contributed by atoms with Gasteiger partial charge in [-0.1, -0.05) is 78.9 Å². The maximum absolute atomic E-state index is 12.3. The van der Waals surface area contributed by atoms with Crippen LogP contribution in [0.3, 0.4) is 0 Å². The topological polar surface area (TPSA) is 59.9 Å². The van der Waals surface area contributed by atoms with Crippen LogP contribution in [0.4, 0.5) is 0 Å². The molecule has 4 aromatic rings. The molecule has 0 atom stereocenters. The third kappa shape index (κ3) is 4.73. The molecule has 1 N–H and O–H groups in total. The van der Waals surface area contributed by atoms with E-state index < -0.39 is 0 Å². The molecule has 0 fully saturated rings. The predicted octanol–water partition coefficient (Wildman–Crippen LogP) is 5.04. The molecule has 0 saturated carbocycles. The second-order valence-corrected chi connectivity index (χ2v) is 6.85. The van der Waals surface area contributed by atoms with Crippen LogP contribution in [0.2, 0.25) is 0 Å². The summed E-state index contributed by atoms with van der Waals surface area (Å²) in [5.41, 5.74) is 5.29. The largest absolute Gasteiger partial charge is 0.496 e. The number of para-hydroxylation sites is 1. The van der Waals surface area contributed by atoms with E-state index >= 15 is 0 Å². The summed E-state index contributed by atoms with van der Waals surface area (Å²) in [5.74, 6) is 0.978. The molecule has 0 unspecified atom stereocenters. The average molecular weight is 410 g/mol. The summed E-state index contributed by atoms with van der Waals surface area (Å²) in [6, 6.07) is 29.3. The lowest BCUT2D eigenvalue weighted by Gasteiger charge is -2.11. The first-order valence-electron chi connectivity index (χ1n) is 9.91. The van der Waals surface area contributed by atoms with Gasteiger partial charge in [0.25, 0.3) is 5.91 Å². The van der Waals surface area contributed by atoms with Crippen LogP contribution in [0.5, 0.6) is 11.5 Å². The molecule has 0 aliphatic carbocycles. The number of fused-ring (bicyclic) bond motifs is 1. The van der Waals surface area contributed by atoms with Crippen molar-refractivity contribution in [3.63, 3.8) is 0 Å². The number of rotatable bonds is 7. The number of carbonyl (C=O) groups is 1. The standard InChI is InChI=1S/C26H22N2O3/c1-30-24-16-15-20-11-5-6-12-21(20)23(24)17-27-28-26(29)18-31-25-14-8-7-13-22(25)19-9-3-2-4-10-19/h2-17H,18H2,1H3,(H,28,29)/b27-17+. The van der Waals surface area contributed by atoms with Crippen LogP contribution in [0.25, 0.3) is 21.9 Å². The molecule has 0 aromatic heterocycles. The number of benzene rings is 4. The minimum atomic E-state index is -0.349. The van der Waals surface area contributed by atoms with Crippen LogP contribution < -0.4 is 14.9 Å². The molecule has 0 bridgehead atoms. The van der Waals surface area contributed by atoms with Crippen molar-refractivity contribution < 1.29 is 14.3 Å². The fraction of sp³-hybridized carbons (Fsp3) is 0.0769. The van der Waals surface area contributed by atoms with Crippen molar-refractivity contribution in [2.75, 3.05) is 13.7 Å². The molecule has 5 nitrogen and oxygen atoms in total. The van der Waals surface area contributed by atoms with E-state index in [1.807, 2.05) is 91.0 Å². The second-order valence-electron chi connectivity index (χ2n) is 6.85. The lowest BCUT2D eigenvalue weighted by molar-refractivity contribution is -0.123. The summed E-state index contributed by atoms with van der Waals surface area (Å²) in [6.45, 7) is -0.145. The number of nitrogens with zero attached hydrogens (tertiary/aromatic N) is 1. The lowest BCUT2D eigenvalue weighted by atomic mass is 10.0. The second kappa shape index (κ2) is 9.59. The summed E-state index contributed by atoms with van der Waals surface area (Å²) in [7, 11) is 1.61. The number of amides is 1. The molecular formula is C26H22N2O3. The van der Waals surface area contributed by atoms with Crippen LogP contribution in [0, 0.1) is 0 Å². The van der Waals surface area contributed by atoms with Gasteiger partial charge in [0.05, 0.1) is 13.3 Å². The minimum absolute atomic E-state index is 0.145. The van der Waals surface area contributed by atoms with Crippen molar-refractivity contribution in [3.05, 3.63) is 96.6 Å².